The molecular weight excluding hydrogens is 430 g/mol. The summed E-state index contributed by atoms with van der Waals surface area (Å²) >= 11 is 0. The number of benzene rings is 1. The molecule has 0 radical (unpaired) electrons. The first-order chi connectivity index (χ1) is 15.6. The number of aromatic nitrogens is 2. The van der Waals surface area contributed by atoms with E-state index in [1.807, 2.05) is 13.8 Å². The monoisotopic (exact) mass is 455 g/mol. The fraction of sp³-hybridized carbons (Fsp3) is 0.364. The topological polar surface area (TPSA) is 146 Å². The van der Waals surface area contributed by atoms with Gasteiger partial charge in [0, 0.05) is 26.4 Å². The van der Waals surface area contributed by atoms with Crippen molar-refractivity contribution in [1.82, 2.24) is 9.13 Å². The molecular formula is C22H25N5O6. The Morgan fingerprint density at radius 3 is 2.42 bits per heavy atom. The Labute approximate surface area is 189 Å². The molecule has 0 saturated carbocycles. The maximum absolute atomic E-state index is 12.7. The number of ether oxygens (including phenoxy) is 1. The highest BCUT2D eigenvalue weighted by Gasteiger charge is 2.28. The van der Waals surface area contributed by atoms with Crippen LogP contribution in [-0.2, 0) is 27.9 Å². The second-order valence-electron chi connectivity index (χ2n) is 8.00. The molecule has 0 aliphatic carbocycles. The molecule has 11 nitrogen and oxygen atoms in total. The van der Waals surface area contributed by atoms with Crippen molar-refractivity contribution >= 4 is 34.9 Å². The predicted octanol–water partition coefficient (Wildman–Crippen LogP) is 0.694. The van der Waals surface area contributed by atoms with E-state index < -0.39 is 35.2 Å². The molecule has 11 heteroatoms. The number of nitrogens with two attached hydrogens (primary N) is 1. The van der Waals surface area contributed by atoms with Gasteiger partial charge in [-0.1, -0.05) is 32.0 Å². The van der Waals surface area contributed by atoms with Gasteiger partial charge in [-0.15, -0.1) is 0 Å². The average molecular weight is 455 g/mol. The van der Waals surface area contributed by atoms with Crippen LogP contribution < -0.4 is 22.0 Å². The van der Waals surface area contributed by atoms with Gasteiger partial charge in [0.15, 0.2) is 6.61 Å². The van der Waals surface area contributed by atoms with Crippen molar-refractivity contribution in [2.45, 2.75) is 33.2 Å². The maximum atomic E-state index is 12.7. The van der Waals surface area contributed by atoms with Crippen LogP contribution in [-0.4, -0.2) is 39.1 Å². The fourth-order valence-corrected chi connectivity index (χ4v) is 3.34. The highest BCUT2D eigenvalue weighted by atomic mass is 16.5. The number of nitrogens with zero attached hydrogens (tertiary/aromatic N) is 4. The molecule has 1 amide bonds. The van der Waals surface area contributed by atoms with E-state index in [2.05, 4.69) is 5.10 Å². The quantitative estimate of drug-likeness (QED) is 0.477. The Morgan fingerprint density at radius 1 is 1.12 bits per heavy atom. The summed E-state index contributed by atoms with van der Waals surface area (Å²) in [6.45, 7) is 3.15. The summed E-state index contributed by atoms with van der Waals surface area (Å²) in [5, 5.41) is 5.18. The lowest BCUT2D eigenvalue weighted by Gasteiger charge is -2.22. The average Bonchev–Trinajstić information content (AvgIpc) is 2.79. The third kappa shape index (κ3) is 4.92. The summed E-state index contributed by atoms with van der Waals surface area (Å²) in [5.74, 6) is -2.25. The highest BCUT2D eigenvalue weighted by molar-refractivity contribution is 6.38. The number of carbonyl (C=O) groups is 3. The van der Waals surface area contributed by atoms with Crippen LogP contribution in [0.5, 0.6) is 0 Å². The van der Waals surface area contributed by atoms with E-state index in [4.69, 9.17) is 10.5 Å². The Bertz CT molecular complexity index is 1240. The molecule has 1 aliphatic heterocycles. The molecule has 33 heavy (non-hydrogen) atoms. The van der Waals surface area contributed by atoms with Gasteiger partial charge in [-0.25, -0.2) is 14.6 Å². The normalized spacial score (nSPS) is 13.8. The third-order valence-corrected chi connectivity index (χ3v) is 5.01. The van der Waals surface area contributed by atoms with E-state index in [0.29, 0.717) is 5.69 Å². The van der Waals surface area contributed by atoms with E-state index in [1.54, 1.807) is 30.3 Å². The first kappa shape index (κ1) is 23.6. The minimum Gasteiger partial charge on any atom is -0.453 e. The molecule has 0 atom stereocenters. The van der Waals surface area contributed by atoms with Crippen LogP contribution in [0.3, 0.4) is 0 Å². The number of para-hydroxylation sites is 1. The van der Waals surface area contributed by atoms with Gasteiger partial charge >= 0.3 is 11.7 Å². The number of ketones is 1. The van der Waals surface area contributed by atoms with Crippen LogP contribution in [0.15, 0.2) is 45.0 Å². The zero-order chi connectivity index (χ0) is 24.3. The van der Waals surface area contributed by atoms with Crippen LogP contribution in [0, 0.1) is 5.92 Å². The van der Waals surface area contributed by atoms with E-state index in [-0.39, 0.29) is 42.7 Å². The van der Waals surface area contributed by atoms with Gasteiger partial charge in [0.25, 0.3) is 5.56 Å². The Kier molecular flexibility index (Phi) is 6.90. The van der Waals surface area contributed by atoms with E-state index in [0.717, 1.165) is 14.1 Å². The largest absolute Gasteiger partial charge is 0.453 e. The van der Waals surface area contributed by atoms with Gasteiger partial charge in [-0.05, 0) is 18.1 Å². The second kappa shape index (κ2) is 9.63. The number of hydrogen-bond donors (Lipinski definition) is 1. The molecule has 1 aliphatic rings. The molecule has 174 valence electrons. The van der Waals surface area contributed by atoms with Crippen molar-refractivity contribution in [3.05, 3.63) is 56.7 Å². The molecule has 3 rings (SSSR count). The summed E-state index contributed by atoms with van der Waals surface area (Å²) in [6, 6.07) is 8.58. The van der Waals surface area contributed by atoms with Crippen LogP contribution in [0.4, 0.5) is 11.5 Å². The lowest BCUT2D eigenvalue weighted by Crippen LogP contribution is -2.43. The van der Waals surface area contributed by atoms with Crippen LogP contribution in [0.1, 0.15) is 37.0 Å². The lowest BCUT2D eigenvalue weighted by atomic mass is 10.1. The van der Waals surface area contributed by atoms with Crippen molar-refractivity contribution in [2.75, 3.05) is 17.3 Å². The molecule has 1 aromatic carbocycles. The van der Waals surface area contributed by atoms with Crippen molar-refractivity contribution in [3.8, 4) is 0 Å². The van der Waals surface area contributed by atoms with Gasteiger partial charge < -0.3 is 10.5 Å². The van der Waals surface area contributed by atoms with E-state index in [1.165, 1.54) is 7.05 Å². The SMILES string of the molecule is CC(C)Cn1c(N)c(C(=O)COC(=O)C2=NN(c3ccccc3)C(=O)CC2)c(=O)n(C)c1=O. The number of nitrogen functional groups attached to an aromatic ring is 1. The van der Waals surface area contributed by atoms with Crippen molar-refractivity contribution < 1.29 is 19.1 Å². The van der Waals surface area contributed by atoms with Crippen LogP contribution in [0.2, 0.25) is 0 Å². The van der Waals surface area contributed by atoms with E-state index in [9.17, 15) is 24.0 Å². The summed E-state index contributed by atoms with van der Waals surface area (Å²) in [7, 11) is 1.25. The zero-order valence-electron chi connectivity index (χ0n) is 18.6. The van der Waals surface area contributed by atoms with Gasteiger partial charge in [-0.3, -0.25) is 23.5 Å². The molecule has 2 aromatic rings. The predicted molar refractivity (Wildman–Crippen MR) is 121 cm³/mol. The number of anilines is 2. The molecule has 0 fully saturated rings. The molecule has 2 N–H and O–H groups in total. The van der Waals surface area contributed by atoms with Crippen molar-refractivity contribution in [3.63, 3.8) is 0 Å². The molecule has 0 saturated heterocycles. The minimum atomic E-state index is -0.886. The van der Waals surface area contributed by atoms with Crippen molar-refractivity contribution in [2.24, 2.45) is 18.1 Å². The molecule has 0 bridgehead atoms. The smallest absolute Gasteiger partial charge is 0.354 e. The van der Waals surface area contributed by atoms with Crippen molar-refractivity contribution in [1.29, 1.82) is 0 Å². The summed E-state index contributed by atoms with van der Waals surface area (Å²) in [5.41, 5.74) is 4.51. The number of hydrogen-bond acceptors (Lipinski definition) is 8. The summed E-state index contributed by atoms with van der Waals surface area (Å²) < 4.78 is 7.01. The number of hydrazone groups is 1. The van der Waals surface area contributed by atoms with Gasteiger partial charge in [0.2, 0.25) is 11.7 Å². The fourth-order valence-electron chi connectivity index (χ4n) is 3.34. The molecule has 2 heterocycles. The van der Waals surface area contributed by atoms with Crippen LogP contribution in [0.25, 0.3) is 0 Å². The van der Waals surface area contributed by atoms with Crippen LogP contribution >= 0.6 is 0 Å². The second-order valence-corrected chi connectivity index (χ2v) is 8.00. The number of esters is 1. The Morgan fingerprint density at radius 2 is 1.79 bits per heavy atom. The number of carbonyl (C=O) groups excluding carboxylic acids is 3. The zero-order valence-corrected chi connectivity index (χ0v) is 18.6. The lowest BCUT2D eigenvalue weighted by molar-refractivity contribution is -0.134. The first-order valence-electron chi connectivity index (χ1n) is 10.4. The summed E-state index contributed by atoms with van der Waals surface area (Å²) in [6.07, 6.45) is 0.1000. The van der Waals surface area contributed by atoms with Gasteiger partial charge in [0.1, 0.15) is 17.1 Å². The number of Topliss-reactive ketones (excluding diaryl/α,β-unsaturated/α-hetero) is 1. The standard InChI is InChI=1S/C22H25N5O6/c1-13(2)11-26-19(23)18(20(30)25(3)22(26)32)16(28)12-33-21(31)15-9-10-17(29)27(24-15)14-7-5-4-6-8-14/h4-8,13H,9-12,23H2,1-3H3. The summed E-state index contributed by atoms with van der Waals surface area (Å²) in [4.78, 5) is 62.3. The first-order valence-corrected chi connectivity index (χ1v) is 10.4. The minimum absolute atomic E-state index is 0.0304. The number of rotatable bonds is 7. The molecule has 0 unspecified atom stereocenters. The van der Waals surface area contributed by atoms with Gasteiger partial charge in [-0.2, -0.15) is 5.10 Å². The Hall–Kier alpha value is -4.02. The Balaban J connectivity index is 1.80. The molecule has 1 aromatic heterocycles. The number of amides is 1. The molecule has 0 spiro atoms. The maximum Gasteiger partial charge on any atom is 0.354 e. The van der Waals surface area contributed by atoms with Gasteiger partial charge in [0.05, 0.1) is 5.69 Å². The highest BCUT2D eigenvalue weighted by Crippen LogP contribution is 2.20. The van der Waals surface area contributed by atoms with E-state index >= 15 is 0 Å². The third-order valence-electron chi connectivity index (χ3n) is 5.01.